The minimum atomic E-state index is -0.221. The second-order valence-electron chi connectivity index (χ2n) is 4.85. The molecule has 0 bridgehead atoms. The van der Waals surface area contributed by atoms with Gasteiger partial charge in [0.05, 0.1) is 7.11 Å². The van der Waals surface area contributed by atoms with Crippen molar-refractivity contribution in [3.05, 3.63) is 64.8 Å². The van der Waals surface area contributed by atoms with Crippen molar-refractivity contribution in [3.63, 3.8) is 0 Å². The molecule has 2 heteroatoms. The fourth-order valence-electron chi connectivity index (χ4n) is 3.07. The molecule has 96 valence electrons. The van der Waals surface area contributed by atoms with Crippen LogP contribution in [-0.2, 0) is 9.53 Å². The van der Waals surface area contributed by atoms with E-state index in [0.717, 1.165) is 12.0 Å². The van der Waals surface area contributed by atoms with Gasteiger partial charge in [0, 0.05) is 11.5 Å². The fraction of sp³-hybridized carbons (Fsp3) is 0.235. The van der Waals surface area contributed by atoms with Crippen LogP contribution in [0.5, 0.6) is 0 Å². The predicted molar refractivity (Wildman–Crippen MR) is 75.6 cm³/mol. The van der Waals surface area contributed by atoms with Gasteiger partial charge in [-0.1, -0.05) is 42.5 Å². The van der Waals surface area contributed by atoms with Gasteiger partial charge in [0.2, 0.25) is 0 Å². The maximum atomic E-state index is 11.7. The van der Waals surface area contributed by atoms with Crippen LogP contribution < -0.4 is 0 Å². The van der Waals surface area contributed by atoms with Crippen molar-refractivity contribution in [2.24, 2.45) is 0 Å². The summed E-state index contributed by atoms with van der Waals surface area (Å²) in [6.45, 7) is 2.06. The molecule has 1 aromatic carbocycles. The van der Waals surface area contributed by atoms with Gasteiger partial charge in [0.25, 0.3) is 0 Å². The highest BCUT2D eigenvalue weighted by Gasteiger charge is 2.34. The number of allylic oxidation sites excluding steroid dienone is 5. The van der Waals surface area contributed by atoms with Crippen molar-refractivity contribution in [1.29, 1.82) is 0 Å². The average molecular weight is 252 g/mol. The molecule has 1 aromatic rings. The molecule has 2 aliphatic rings. The van der Waals surface area contributed by atoms with Crippen LogP contribution >= 0.6 is 0 Å². The summed E-state index contributed by atoms with van der Waals surface area (Å²) in [5.74, 6) is 0.0724. The molecule has 0 amide bonds. The number of hydrogen-bond donors (Lipinski definition) is 0. The number of hydrogen-bond acceptors (Lipinski definition) is 2. The standard InChI is InChI=1S/C17H16O2/c1-3-12-13-6-4-5-7-14(13)16-10-11(17(18)19-2)8-9-15(12)16/h3-9,16H,10H2,1-2H3/b12-3-. The maximum absolute atomic E-state index is 11.7. The van der Waals surface area contributed by atoms with Crippen LogP contribution in [0.4, 0.5) is 0 Å². The smallest absolute Gasteiger partial charge is 0.333 e. The number of rotatable bonds is 1. The summed E-state index contributed by atoms with van der Waals surface area (Å²) in [5, 5.41) is 0. The van der Waals surface area contributed by atoms with E-state index in [4.69, 9.17) is 4.74 Å². The zero-order valence-corrected chi connectivity index (χ0v) is 11.1. The highest BCUT2D eigenvalue weighted by atomic mass is 16.5. The Kier molecular flexibility index (Phi) is 2.86. The second-order valence-corrected chi connectivity index (χ2v) is 4.85. The van der Waals surface area contributed by atoms with E-state index in [1.165, 1.54) is 29.4 Å². The van der Waals surface area contributed by atoms with Gasteiger partial charge in [-0.05, 0) is 35.6 Å². The molecule has 0 heterocycles. The molecule has 0 fully saturated rings. The molecule has 3 rings (SSSR count). The number of carbonyl (C=O) groups is 1. The van der Waals surface area contributed by atoms with Crippen LogP contribution in [-0.4, -0.2) is 13.1 Å². The molecule has 0 saturated heterocycles. The average Bonchev–Trinajstić information content (AvgIpc) is 2.79. The second kappa shape index (κ2) is 4.54. The SMILES string of the molecule is C/C=C1\C2=CC=C(C(=O)OC)CC2c2ccccc21. The lowest BCUT2D eigenvalue weighted by molar-refractivity contribution is -0.136. The Balaban J connectivity index is 2.09. The predicted octanol–water partition coefficient (Wildman–Crippen LogP) is 3.62. The van der Waals surface area contributed by atoms with Crippen LogP contribution in [0.1, 0.15) is 30.4 Å². The van der Waals surface area contributed by atoms with Gasteiger partial charge < -0.3 is 4.74 Å². The summed E-state index contributed by atoms with van der Waals surface area (Å²) in [4.78, 5) is 11.7. The molecule has 0 saturated carbocycles. The first kappa shape index (κ1) is 12.0. The number of ether oxygens (including phenoxy) is 1. The Morgan fingerprint density at radius 2 is 2.11 bits per heavy atom. The molecule has 2 nitrogen and oxygen atoms in total. The van der Waals surface area contributed by atoms with Gasteiger partial charge in [-0.2, -0.15) is 0 Å². The van der Waals surface area contributed by atoms with E-state index in [1.54, 1.807) is 0 Å². The molecule has 1 atom stereocenters. The zero-order chi connectivity index (χ0) is 13.4. The Hall–Kier alpha value is -2.09. The quantitative estimate of drug-likeness (QED) is 0.714. The van der Waals surface area contributed by atoms with Gasteiger partial charge in [0.15, 0.2) is 0 Å². The topological polar surface area (TPSA) is 26.3 Å². The van der Waals surface area contributed by atoms with Crippen LogP contribution in [0.15, 0.2) is 53.6 Å². The molecule has 0 aromatic heterocycles. The lowest BCUT2D eigenvalue weighted by Crippen LogP contribution is -2.11. The van der Waals surface area contributed by atoms with E-state index >= 15 is 0 Å². The van der Waals surface area contributed by atoms with Crippen molar-refractivity contribution in [2.75, 3.05) is 7.11 Å². The highest BCUT2D eigenvalue weighted by Crippen LogP contribution is 2.49. The van der Waals surface area contributed by atoms with Crippen molar-refractivity contribution in [3.8, 4) is 0 Å². The lowest BCUT2D eigenvalue weighted by atomic mass is 9.86. The van der Waals surface area contributed by atoms with Gasteiger partial charge in [-0.25, -0.2) is 4.79 Å². The van der Waals surface area contributed by atoms with E-state index in [2.05, 4.69) is 43.3 Å². The summed E-state index contributed by atoms with van der Waals surface area (Å²) in [7, 11) is 1.43. The van der Waals surface area contributed by atoms with Gasteiger partial charge in [0.1, 0.15) is 0 Å². The normalized spacial score (nSPS) is 22.4. The van der Waals surface area contributed by atoms with Crippen molar-refractivity contribution in [2.45, 2.75) is 19.3 Å². The molecule has 2 aliphatic carbocycles. The Bertz CT molecular complexity index is 632. The van der Waals surface area contributed by atoms with E-state index in [9.17, 15) is 4.79 Å². The summed E-state index contributed by atoms with van der Waals surface area (Å²) in [6, 6.07) is 8.44. The largest absolute Gasteiger partial charge is 0.466 e. The third-order valence-corrected chi connectivity index (χ3v) is 3.94. The van der Waals surface area contributed by atoms with Crippen LogP contribution in [0.25, 0.3) is 5.57 Å². The first-order valence-corrected chi connectivity index (χ1v) is 6.51. The Morgan fingerprint density at radius 3 is 2.84 bits per heavy atom. The first-order valence-electron chi connectivity index (χ1n) is 6.51. The summed E-state index contributed by atoms with van der Waals surface area (Å²) in [6.07, 6.45) is 6.84. The summed E-state index contributed by atoms with van der Waals surface area (Å²) in [5.41, 5.74) is 5.97. The lowest BCUT2D eigenvalue weighted by Gasteiger charge is -2.18. The molecule has 0 N–H and O–H groups in total. The van der Waals surface area contributed by atoms with E-state index in [0.29, 0.717) is 5.92 Å². The summed E-state index contributed by atoms with van der Waals surface area (Å²) < 4.78 is 4.83. The Morgan fingerprint density at radius 1 is 1.32 bits per heavy atom. The number of methoxy groups -OCH3 is 1. The zero-order valence-electron chi connectivity index (χ0n) is 11.1. The van der Waals surface area contributed by atoms with Crippen molar-refractivity contribution >= 4 is 11.5 Å². The minimum absolute atomic E-state index is 0.221. The number of carbonyl (C=O) groups excluding carboxylic acids is 1. The van der Waals surface area contributed by atoms with E-state index in [1.807, 2.05) is 6.08 Å². The molecule has 1 unspecified atom stereocenters. The molecule has 0 radical (unpaired) electrons. The number of benzene rings is 1. The summed E-state index contributed by atoms with van der Waals surface area (Å²) >= 11 is 0. The van der Waals surface area contributed by atoms with Gasteiger partial charge in [-0.3, -0.25) is 0 Å². The molecule has 19 heavy (non-hydrogen) atoms. The maximum Gasteiger partial charge on any atom is 0.333 e. The molecular formula is C17H16O2. The fourth-order valence-corrected chi connectivity index (χ4v) is 3.07. The minimum Gasteiger partial charge on any atom is -0.466 e. The van der Waals surface area contributed by atoms with Crippen LogP contribution in [0.3, 0.4) is 0 Å². The monoisotopic (exact) mass is 252 g/mol. The van der Waals surface area contributed by atoms with Crippen molar-refractivity contribution in [1.82, 2.24) is 0 Å². The van der Waals surface area contributed by atoms with Gasteiger partial charge in [-0.15, -0.1) is 0 Å². The molecule has 0 spiro atoms. The third-order valence-electron chi connectivity index (χ3n) is 3.94. The van der Waals surface area contributed by atoms with Crippen molar-refractivity contribution < 1.29 is 9.53 Å². The number of fused-ring (bicyclic) bond motifs is 3. The molecule has 0 aliphatic heterocycles. The van der Waals surface area contributed by atoms with Crippen LogP contribution in [0, 0.1) is 0 Å². The van der Waals surface area contributed by atoms with Crippen LogP contribution in [0.2, 0.25) is 0 Å². The molecular weight excluding hydrogens is 236 g/mol. The third kappa shape index (κ3) is 1.75. The Labute approximate surface area is 113 Å². The van der Waals surface area contributed by atoms with E-state index in [-0.39, 0.29) is 5.97 Å². The number of esters is 1. The highest BCUT2D eigenvalue weighted by molar-refractivity contribution is 5.94. The first-order chi connectivity index (χ1) is 9.26. The van der Waals surface area contributed by atoms with E-state index < -0.39 is 0 Å². The van der Waals surface area contributed by atoms with Gasteiger partial charge >= 0.3 is 5.97 Å².